The molecule has 2 rings (SSSR count). The van der Waals surface area contributed by atoms with Gasteiger partial charge in [-0.2, -0.15) is 0 Å². The molecule has 0 saturated heterocycles. The summed E-state index contributed by atoms with van der Waals surface area (Å²) in [5.41, 5.74) is 1.72. The highest BCUT2D eigenvalue weighted by molar-refractivity contribution is 5.95. The van der Waals surface area contributed by atoms with E-state index >= 15 is 0 Å². The van der Waals surface area contributed by atoms with E-state index in [1.807, 2.05) is 19.9 Å². The SMILES string of the molecule is CC(=O)c1cccc(Nc2ncc(C(=O)NC(C)C)cn2)c1. The summed E-state index contributed by atoms with van der Waals surface area (Å²) in [6.07, 6.45) is 2.92. The molecule has 114 valence electrons. The summed E-state index contributed by atoms with van der Waals surface area (Å²) in [4.78, 5) is 31.4. The molecule has 22 heavy (non-hydrogen) atoms. The van der Waals surface area contributed by atoms with Crippen molar-refractivity contribution in [2.45, 2.75) is 26.8 Å². The number of amides is 1. The van der Waals surface area contributed by atoms with Gasteiger partial charge in [0.25, 0.3) is 5.91 Å². The third-order valence-corrected chi connectivity index (χ3v) is 2.86. The van der Waals surface area contributed by atoms with E-state index in [9.17, 15) is 9.59 Å². The van der Waals surface area contributed by atoms with E-state index in [0.717, 1.165) is 0 Å². The van der Waals surface area contributed by atoms with Crippen LogP contribution in [0.15, 0.2) is 36.7 Å². The summed E-state index contributed by atoms with van der Waals surface area (Å²) in [6.45, 7) is 5.28. The summed E-state index contributed by atoms with van der Waals surface area (Å²) in [6, 6.07) is 7.12. The van der Waals surface area contributed by atoms with Gasteiger partial charge < -0.3 is 10.6 Å². The van der Waals surface area contributed by atoms with Gasteiger partial charge in [-0.05, 0) is 32.9 Å². The van der Waals surface area contributed by atoms with E-state index in [0.29, 0.717) is 22.8 Å². The van der Waals surface area contributed by atoms with Crippen molar-refractivity contribution < 1.29 is 9.59 Å². The lowest BCUT2D eigenvalue weighted by Gasteiger charge is -2.09. The smallest absolute Gasteiger partial charge is 0.254 e. The summed E-state index contributed by atoms with van der Waals surface area (Å²) in [5.74, 6) is 0.146. The zero-order valence-corrected chi connectivity index (χ0v) is 12.8. The minimum atomic E-state index is -0.208. The average molecular weight is 298 g/mol. The van der Waals surface area contributed by atoms with E-state index < -0.39 is 0 Å². The van der Waals surface area contributed by atoms with Gasteiger partial charge in [0, 0.05) is 29.7 Å². The van der Waals surface area contributed by atoms with Crippen molar-refractivity contribution in [1.82, 2.24) is 15.3 Å². The van der Waals surface area contributed by atoms with Crippen molar-refractivity contribution in [3.05, 3.63) is 47.8 Å². The fourth-order valence-electron chi connectivity index (χ4n) is 1.80. The Morgan fingerprint density at radius 2 is 1.77 bits per heavy atom. The molecule has 0 aliphatic carbocycles. The number of nitrogens with one attached hydrogen (secondary N) is 2. The van der Waals surface area contributed by atoms with Crippen LogP contribution in [0.25, 0.3) is 0 Å². The topological polar surface area (TPSA) is 84.0 Å². The zero-order valence-electron chi connectivity index (χ0n) is 12.8. The van der Waals surface area contributed by atoms with Crippen LogP contribution in [0.5, 0.6) is 0 Å². The van der Waals surface area contributed by atoms with Gasteiger partial charge in [0.05, 0.1) is 5.56 Å². The van der Waals surface area contributed by atoms with Gasteiger partial charge in [-0.1, -0.05) is 12.1 Å². The van der Waals surface area contributed by atoms with Crippen molar-refractivity contribution in [2.75, 3.05) is 5.32 Å². The van der Waals surface area contributed by atoms with Crippen LogP contribution in [-0.4, -0.2) is 27.7 Å². The second kappa shape index (κ2) is 6.80. The highest BCUT2D eigenvalue weighted by Gasteiger charge is 2.08. The molecule has 1 heterocycles. The molecule has 1 aromatic heterocycles. The first kappa shape index (κ1) is 15.6. The van der Waals surface area contributed by atoms with Crippen molar-refractivity contribution in [3.63, 3.8) is 0 Å². The van der Waals surface area contributed by atoms with E-state index in [1.54, 1.807) is 18.2 Å². The molecule has 1 amide bonds. The number of ketones is 1. The number of hydrogen-bond acceptors (Lipinski definition) is 5. The molecule has 0 aliphatic rings. The van der Waals surface area contributed by atoms with Crippen molar-refractivity contribution in [3.8, 4) is 0 Å². The number of carbonyl (C=O) groups is 2. The lowest BCUT2D eigenvalue weighted by atomic mass is 10.1. The highest BCUT2D eigenvalue weighted by atomic mass is 16.1. The Kier molecular flexibility index (Phi) is 4.83. The van der Waals surface area contributed by atoms with Crippen molar-refractivity contribution in [2.24, 2.45) is 0 Å². The van der Waals surface area contributed by atoms with Crippen LogP contribution in [0.1, 0.15) is 41.5 Å². The number of aromatic nitrogens is 2. The lowest BCUT2D eigenvalue weighted by molar-refractivity contribution is 0.0941. The second-order valence-electron chi connectivity index (χ2n) is 5.19. The summed E-state index contributed by atoms with van der Waals surface area (Å²) >= 11 is 0. The molecular formula is C16H18N4O2. The van der Waals surface area contributed by atoms with Crippen molar-refractivity contribution >= 4 is 23.3 Å². The number of rotatable bonds is 5. The predicted octanol–water partition coefficient (Wildman–Crippen LogP) is 2.56. The van der Waals surface area contributed by atoms with Gasteiger partial charge in [-0.25, -0.2) is 9.97 Å². The number of carbonyl (C=O) groups excluding carboxylic acids is 2. The van der Waals surface area contributed by atoms with Crippen LogP contribution < -0.4 is 10.6 Å². The van der Waals surface area contributed by atoms with Crippen LogP contribution in [0.4, 0.5) is 11.6 Å². The Morgan fingerprint density at radius 3 is 2.36 bits per heavy atom. The molecule has 2 aromatic rings. The van der Waals surface area contributed by atoms with Crippen LogP contribution in [0.3, 0.4) is 0 Å². The maximum Gasteiger partial charge on any atom is 0.254 e. The van der Waals surface area contributed by atoms with Crippen LogP contribution in [0, 0.1) is 0 Å². The number of anilines is 2. The minimum absolute atomic E-state index is 0.00901. The standard InChI is InChI=1S/C16H18N4O2/c1-10(2)19-15(22)13-8-17-16(18-9-13)20-14-6-4-5-12(7-14)11(3)21/h4-10H,1-3H3,(H,19,22)(H,17,18,20). The molecule has 6 nitrogen and oxygen atoms in total. The largest absolute Gasteiger partial charge is 0.350 e. The summed E-state index contributed by atoms with van der Waals surface area (Å²) < 4.78 is 0. The molecule has 0 fully saturated rings. The quantitative estimate of drug-likeness (QED) is 0.829. The molecule has 6 heteroatoms. The number of Topliss-reactive ketones (excluding diaryl/α,β-unsaturated/α-hetero) is 1. The summed E-state index contributed by atoms with van der Waals surface area (Å²) in [5, 5.41) is 5.77. The second-order valence-corrected chi connectivity index (χ2v) is 5.19. The monoisotopic (exact) mass is 298 g/mol. The minimum Gasteiger partial charge on any atom is -0.350 e. The predicted molar refractivity (Wildman–Crippen MR) is 84.4 cm³/mol. The van der Waals surface area contributed by atoms with Crippen LogP contribution in [0.2, 0.25) is 0 Å². The van der Waals surface area contributed by atoms with Gasteiger partial charge in [-0.15, -0.1) is 0 Å². The van der Waals surface area contributed by atoms with Gasteiger partial charge in [0.2, 0.25) is 5.95 Å². The lowest BCUT2D eigenvalue weighted by Crippen LogP contribution is -2.30. The Hall–Kier alpha value is -2.76. The maximum absolute atomic E-state index is 11.8. The molecule has 0 atom stereocenters. The molecule has 0 bridgehead atoms. The normalized spacial score (nSPS) is 10.4. The van der Waals surface area contributed by atoms with Crippen molar-refractivity contribution in [1.29, 1.82) is 0 Å². The van der Waals surface area contributed by atoms with E-state index in [-0.39, 0.29) is 17.7 Å². The van der Waals surface area contributed by atoms with E-state index in [1.165, 1.54) is 19.3 Å². The summed E-state index contributed by atoms with van der Waals surface area (Å²) in [7, 11) is 0. The Balaban J connectivity index is 2.10. The number of hydrogen-bond donors (Lipinski definition) is 2. The van der Waals surface area contributed by atoms with Gasteiger partial charge in [0.1, 0.15) is 0 Å². The van der Waals surface area contributed by atoms with E-state index in [4.69, 9.17) is 0 Å². The van der Waals surface area contributed by atoms with E-state index in [2.05, 4.69) is 20.6 Å². The fraction of sp³-hybridized carbons (Fsp3) is 0.250. The number of benzene rings is 1. The third kappa shape index (κ3) is 4.12. The molecule has 0 saturated carbocycles. The number of nitrogens with zero attached hydrogens (tertiary/aromatic N) is 2. The Morgan fingerprint density at radius 1 is 1.09 bits per heavy atom. The molecule has 0 unspecified atom stereocenters. The molecule has 0 spiro atoms. The fourth-order valence-corrected chi connectivity index (χ4v) is 1.80. The molecular weight excluding hydrogens is 280 g/mol. The first-order valence-corrected chi connectivity index (χ1v) is 6.96. The zero-order chi connectivity index (χ0) is 16.1. The molecule has 2 N–H and O–H groups in total. The van der Waals surface area contributed by atoms with Crippen LogP contribution in [-0.2, 0) is 0 Å². The molecule has 0 radical (unpaired) electrons. The first-order chi connectivity index (χ1) is 10.5. The third-order valence-electron chi connectivity index (χ3n) is 2.86. The average Bonchev–Trinajstić information content (AvgIpc) is 2.47. The maximum atomic E-state index is 11.8. The van der Waals surface area contributed by atoms with Gasteiger partial charge in [-0.3, -0.25) is 9.59 Å². The Labute approximate surface area is 129 Å². The van der Waals surface area contributed by atoms with Gasteiger partial charge in [0.15, 0.2) is 5.78 Å². The van der Waals surface area contributed by atoms with Gasteiger partial charge >= 0.3 is 0 Å². The molecule has 1 aromatic carbocycles. The Bertz CT molecular complexity index is 681. The molecule has 0 aliphatic heterocycles. The van der Waals surface area contributed by atoms with Crippen LogP contribution >= 0.6 is 0 Å². The highest BCUT2D eigenvalue weighted by Crippen LogP contribution is 2.15. The first-order valence-electron chi connectivity index (χ1n) is 6.96.